The third-order valence-electron chi connectivity index (χ3n) is 5.19. The molecule has 2 aromatic carbocycles. The van der Waals surface area contributed by atoms with Crippen LogP contribution < -0.4 is 4.74 Å². The quantitative estimate of drug-likeness (QED) is 0.719. The van der Waals surface area contributed by atoms with Crippen LogP contribution in [0.3, 0.4) is 0 Å². The Morgan fingerprint density at radius 3 is 2.43 bits per heavy atom. The summed E-state index contributed by atoms with van der Waals surface area (Å²) in [5.74, 6) is -2.80. The van der Waals surface area contributed by atoms with Gasteiger partial charge in [0.25, 0.3) is 5.91 Å². The fourth-order valence-electron chi connectivity index (χ4n) is 3.44. The number of likely N-dealkylation sites (N-methyl/N-ethyl adjacent to an activating group) is 1. The van der Waals surface area contributed by atoms with Crippen LogP contribution in [0.1, 0.15) is 23.2 Å². The maximum atomic E-state index is 13.8. The van der Waals surface area contributed by atoms with Crippen molar-refractivity contribution in [2.75, 3.05) is 33.3 Å². The first-order chi connectivity index (χ1) is 14.4. The van der Waals surface area contributed by atoms with Crippen molar-refractivity contribution in [3.8, 4) is 5.75 Å². The Morgan fingerprint density at radius 2 is 1.77 bits per heavy atom. The summed E-state index contributed by atoms with van der Waals surface area (Å²) in [5.41, 5.74) is -0.177. The second-order valence-corrected chi connectivity index (χ2v) is 7.23. The highest BCUT2D eigenvalue weighted by molar-refractivity contribution is 5.94. The second kappa shape index (κ2) is 9.65. The zero-order chi connectivity index (χ0) is 21.7. The van der Waals surface area contributed by atoms with Gasteiger partial charge in [-0.25, -0.2) is 13.2 Å². The van der Waals surface area contributed by atoms with E-state index >= 15 is 0 Å². The van der Waals surface area contributed by atoms with Crippen molar-refractivity contribution in [3.05, 3.63) is 65.5 Å². The molecule has 0 atom stereocenters. The Morgan fingerprint density at radius 1 is 1.07 bits per heavy atom. The summed E-state index contributed by atoms with van der Waals surface area (Å²) >= 11 is 0. The number of ether oxygens (including phenoxy) is 1. The van der Waals surface area contributed by atoms with E-state index in [9.17, 15) is 22.8 Å². The topological polar surface area (TPSA) is 49.9 Å². The van der Waals surface area contributed by atoms with Gasteiger partial charge in [-0.15, -0.1) is 0 Å². The molecule has 0 aromatic heterocycles. The molecule has 0 unspecified atom stereocenters. The molecule has 1 aliphatic rings. The zero-order valence-electron chi connectivity index (χ0n) is 16.6. The van der Waals surface area contributed by atoms with Crippen molar-refractivity contribution in [1.82, 2.24) is 9.80 Å². The van der Waals surface area contributed by atoms with Gasteiger partial charge in [0, 0.05) is 32.1 Å². The molecule has 1 aliphatic heterocycles. The number of carbonyl (C=O) groups is 2. The van der Waals surface area contributed by atoms with E-state index in [4.69, 9.17) is 4.74 Å². The molecule has 8 heteroatoms. The number of hydrogen-bond donors (Lipinski definition) is 0. The lowest BCUT2D eigenvalue weighted by atomic mass is 9.95. The number of para-hydroxylation sites is 1. The van der Waals surface area contributed by atoms with Crippen LogP contribution in [0, 0.1) is 23.4 Å². The van der Waals surface area contributed by atoms with Crippen LogP contribution in [0.4, 0.5) is 13.2 Å². The number of rotatable bonds is 6. The van der Waals surface area contributed by atoms with Crippen molar-refractivity contribution in [1.29, 1.82) is 0 Å². The van der Waals surface area contributed by atoms with Gasteiger partial charge < -0.3 is 14.5 Å². The SMILES string of the molecule is CN(CCOc1ccccc1F)C(=O)C1CCN(C(=O)c2ccc(F)cc2F)CC1. The first-order valence-electron chi connectivity index (χ1n) is 9.73. The summed E-state index contributed by atoms with van der Waals surface area (Å²) in [6.07, 6.45) is 0.901. The normalized spacial score (nSPS) is 14.5. The molecule has 0 saturated carbocycles. The van der Waals surface area contributed by atoms with E-state index in [1.165, 1.54) is 21.9 Å². The average Bonchev–Trinajstić information content (AvgIpc) is 2.74. The predicted molar refractivity (Wildman–Crippen MR) is 105 cm³/mol. The van der Waals surface area contributed by atoms with Crippen molar-refractivity contribution >= 4 is 11.8 Å². The molecule has 0 spiro atoms. The molecule has 2 aromatic rings. The van der Waals surface area contributed by atoms with Gasteiger partial charge in [0.05, 0.1) is 12.1 Å². The van der Waals surface area contributed by atoms with Crippen LogP contribution in [0.2, 0.25) is 0 Å². The molecule has 2 amide bonds. The Bertz CT molecular complexity index is 914. The minimum atomic E-state index is -0.896. The molecule has 0 aliphatic carbocycles. The van der Waals surface area contributed by atoms with Gasteiger partial charge in [0.1, 0.15) is 18.2 Å². The molecule has 5 nitrogen and oxygen atoms in total. The predicted octanol–water partition coefficient (Wildman–Crippen LogP) is 3.49. The molecule has 1 heterocycles. The van der Waals surface area contributed by atoms with E-state index in [1.807, 2.05) is 0 Å². The van der Waals surface area contributed by atoms with Gasteiger partial charge in [0.2, 0.25) is 5.91 Å². The summed E-state index contributed by atoms with van der Waals surface area (Å²) < 4.78 is 45.8. The summed E-state index contributed by atoms with van der Waals surface area (Å²) in [6, 6.07) is 8.92. The minimum Gasteiger partial charge on any atom is -0.489 e. The molecule has 1 saturated heterocycles. The van der Waals surface area contributed by atoms with Crippen LogP contribution in [-0.4, -0.2) is 54.9 Å². The van der Waals surface area contributed by atoms with Gasteiger partial charge in [0.15, 0.2) is 11.6 Å². The van der Waals surface area contributed by atoms with E-state index in [0.29, 0.717) is 38.5 Å². The number of piperidine rings is 1. The van der Waals surface area contributed by atoms with E-state index in [1.54, 1.807) is 19.2 Å². The molecule has 3 rings (SSSR count). The number of hydrogen-bond acceptors (Lipinski definition) is 3. The summed E-state index contributed by atoms with van der Waals surface area (Å²) in [7, 11) is 1.65. The van der Waals surface area contributed by atoms with Crippen molar-refractivity contribution < 1.29 is 27.5 Å². The fraction of sp³-hybridized carbons (Fsp3) is 0.364. The third-order valence-corrected chi connectivity index (χ3v) is 5.19. The number of likely N-dealkylation sites (tertiary alicyclic amines) is 1. The molecular formula is C22H23F3N2O3. The van der Waals surface area contributed by atoms with Crippen molar-refractivity contribution in [2.24, 2.45) is 5.92 Å². The zero-order valence-corrected chi connectivity index (χ0v) is 16.6. The number of amides is 2. The third kappa shape index (κ3) is 5.11. The molecule has 1 fully saturated rings. The molecule has 0 N–H and O–H groups in total. The number of halogens is 3. The van der Waals surface area contributed by atoms with E-state index in [2.05, 4.69) is 0 Å². The smallest absolute Gasteiger partial charge is 0.256 e. The van der Waals surface area contributed by atoms with Crippen LogP contribution >= 0.6 is 0 Å². The molecular weight excluding hydrogens is 397 g/mol. The maximum Gasteiger partial charge on any atom is 0.256 e. The van der Waals surface area contributed by atoms with Gasteiger partial charge in [-0.3, -0.25) is 9.59 Å². The van der Waals surface area contributed by atoms with Gasteiger partial charge >= 0.3 is 0 Å². The lowest BCUT2D eigenvalue weighted by Crippen LogP contribution is -2.44. The van der Waals surface area contributed by atoms with Crippen LogP contribution in [0.15, 0.2) is 42.5 Å². The standard InChI is InChI=1S/C22H23F3N2O3/c1-26(12-13-30-20-5-3-2-4-18(20)24)21(28)15-8-10-27(11-9-15)22(29)17-7-6-16(23)14-19(17)25/h2-7,14-15H,8-13H2,1H3. The number of carbonyl (C=O) groups excluding carboxylic acids is 2. The van der Waals surface area contributed by atoms with E-state index in [0.717, 1.165) is 12.1 Å². The van der Waals surface area contributed by atoms with Crippen molar-refractivity contribution in [3.63, 3.8) is 0 Å². The fourth-order valence-corrected chi connectivity index (χ4v) is 3.44. The molecule has 30 heavy (non-hydrogen) atoms. The number of nitrogens with zero attached hydrogens (tertiary/aromatic N) is 2. The Labute approximate surface area is 173 Å². The summed E-state index contributed by atoms with van der Waals surface area (Å²) in [4.78, 5) is 28.1. The molecule has 0 radical (unpaired) electrons. The summed E-state index contributed by atoms with van der Waals surface area (Å²) in [5, 5.41) is 0. The first kappa shape index (κ1) is 21.7. The Balaban J connectivity index is 1.47. The molecule has 160 valence electrons. The van der Waals surface area contributed by atoms with E-state index < -0.39 is 23.4 Å². The van der Waals surface area contributed by atoms with Crippen molar-refractivity contribution in [2.45, 2.75) is 12.8 Å². The van der Waals surface area contributed by atoms with Crippen LogP contribution in [0.25, 0.3) is 0 Å². The maximum absolute atomic E-state index is 13.8. The minimum absolute atomic E-state index is 0.0767. The lowest BCUT2D eigenvalue weighted by Gasteiger charge is -2.33. The molecule has 0 bridgehead atoms. The van der Waals surface area contributed by atoms with Gasteiger partial charge in [-0.1, -0.05) is 12.1 Å². The number of benzene rings is 2. The van der Waals surface area contributed by atoms with E-state index in [-0.39, 0.29) is 29.7 Å². The lowest BCUT2D eigenvalue weighted by molar-refractivity contribution is -0.135. The summed E-state index contributed by atoms with van der Waals surface area (Å²) in [6.45, 7) is 1.08. The van der Waals surface area contributed by atoms with Gasteiger partial charge in [-0.05, 0) is 37.1 Å². The Hall–Kier alpha value is -3.03. The first-order valence-corrected chi connectivity index (χ1v) is 9.73. The Kier molecular flexibility index (Phi) is 6.97. The highest BCUT2D eigenvalue weighted by atomic mass is 19.1. The highest BCUT2D eigenvalue weighted by Crippen LogP contribution is 2.22. The average molecular weight is 420 g/mol. The van der Waals surface area contributed by atoms with Gasteiger partial charge in [-0.2, -0.15) is 0 Å². The van der Waals surface area contributed by atoms with Crippen LogP contribution in [0.5, 0.6) is 5.75 Å². The highest BCUT2D eigenvalue weighted by Gasteiger charge is 2.30. The second-order valence-electron chi connectivity index (χ2n) is 7.23. The van der Waals surface area contributed by atoms with Crippen LogP contribution in [-0.2, 0) is 4.79 Å². The largest absolute Gasteiger partial charge is 0.489 e. The monoisotopic (exact) mass is 420 g/mol.